The van der Waals surface area contributed by atoms with Gasteiger partial charge in [0.1, 0.15) is 5.75 Å². The van der Waals surface area contributed by atoms with E-state index < -0.39 is 6.61 Å². The first-order valence-electron chi connectivity index (χ1n) is 7.54. The molecule has 0 saturated heterocycles. The number of alkyl halides is 2. The number of carbonyl (C=O) groups is 1. The van der Waals surface area contributed by atoms with Crippen LogP contribution in [0.4, 0.5) is 14.5 Å². The molecular formula is C18H17F2NO2. The predicted octanol–water partition coefficient (Wildman–Crippen LogP) is 4.35. The molecule has 0 radical (unpaired) electrons. The van der Waals surface area contributed by atoms with E-state index in [9.17, 15) is 13.6 Å². The Labute approximate surface area is 133 Å². The van der Waals surface area contributed by atoms with Gasteiger partial charge in [-0.1, -0.05) is 30.3 Å². The van der Waals surface area contributed by atoms with Gasteiger partial charge in [-0.2, -0.15) is 8.78 Å². The maximum atomic E-state index is 12.2. The van der Waals surface area contributed by atoms with Crippen LogP contribution in [-0.2, 0) is 11.2 Å². The van der Waals surface area contributed by atoms with Crippen LogP contribution >= 0.6 is 0 Å². The number of benzene rings is 2. The van der Waals surface area contributed by atoms with Gasteiger partial charge in [0.25, 0.3) is 0 Å². The van der Waals surface area contributed by atoms with Crippen LogP contribution < -0.4 is 10.1 Å². The van der Waals surface area contributed by atoms with Gasteiger partial charge in [0.2, 0.25) is 5.91 Å². The van der Waals surface area contributed by atoms with E-state index in [1.54, 1.807) is 12.1 Å². The normalized spacial score (nSPS) is 16.2. The Bertz CT molecular complexity index is 703. The van der Waals surface area contributed by atoms with Crippen LogP contribution in [0, 0.1) is 0 Å². The fourth-order valence-electron chi connectivity index (χ4n) is 3.04. The molecule has 2 aromatic carbocycles. The third-order valence-corrected chi connectivity index (χ3v) is 4.03. The Morgan fingerprint density at radius 2 is 2.04 bits per heavy atom. The molecule has 1 aliphatic carbocycles. The van der Waals surface area contributed by atoms with Crippen molar-refractivity contribution in [3.05, 3.63) is 59.7 Å². The zero-order valence-corrected chi connectivity index (χ0v) is 12.5. The smallest absolute Gasteiger partial charge is 0.387 e. The summed E-state index contributed by atoms with van der Waals surface area (Å²) in [7, 11) is 0. The van der Waals surface area contributed by atoms with E-state index in [0.29, 0.717) is 12.1 Å². The number of halogens is 2. The monoisotopic (exact) mass is 317 g/mol. The SMILES string of the molecule is O=C(CC1CCc2ccccc21)Nc1cccc(OC(F)F)c1. The fraction of sp³-hybridized carbons (Fsp3) is 0.278. The van der Waals surface area contributed by atoms with Gasteiger partial charge in [-0.15, -0.1) is 0 Å². The molecule has 0 aliphatic heterocycles. The van der Waals surface area contributed by atoms with Crippen LogP contribution in [0.15, 0.2) is 48.5 Å². The molecule has 3 nitrogen and oxygen atoms in total. The Kier molecular flexibility index (Phi) is 4.55. The van der Waals surface area contributed by atoms with E-state index in [2.05, 4.69) is 22.2 Å². The second-order valence-corrected chi connectivity index (χ2v) is 5.59. The summed E-state index contributed by atoms with van der Waals surface area (Å²) in [6.07, 6.45) is 2.34. The number of nitrogens with one attached hydrogen (secondary N) is 1. The topological polar surface area (TPSA) is 38.3 Å². The zero-order chi connectivity index (χ0) is 16.2. The van der Waals surface area contributed by atoms with Gasteiger partial charge in [-0.05, 0) is 42.0 Å². The summed E-state index contributed by atoms with van der Waals surface area (Å²) < 4.78 is 28.8. The van der Waals surface area contributed by atoms with Crippen LogP contribution in [0.25, 0.3) is 0 Å². The molecule has 0 fully saturated rings. The van der Waals surface area contributed by atoms with Gasteiger partial charge < -0.3 is 10.1 Å². The van der Waals surface area contributed by atoms with E-state index in [1.165, 1.54) is 23.3 Å². The largest absolute Gasteiger partial charge is 0.435 e. The molecule has 1 amide bonds. The summed E-state index contributed by atoms with van der Waals surface area (Å²) in [4.78, 5) is 12.2. The fourth-order valence-corrected chi connectivity index (χ4v) is 3.04. The summed E-state index contributed by atoms with van der Waals surface area (Å²) in [6.45, 7) is -2.88. The Hall–Kier alpha value is -2.43. The van der Waals surface area contributed by atoms with Gasteiger partial charge in [-0.25, -0.2) is 0 Å². The van der Waals surface area contributed by atoms with E-state index in [0.717, 1.165) is 12.8 Å². The number of amides is 1. The molecule has 3 rings (SSSR count). The average molecular weight is 317 g/mol. The lowest BCUT2D eigenvalue weighted by Gasteiger charge is -2.12. The van der Waals surface area contributed by atoms with E-state index in [1.807, 2.05) is 12.1 Å². The number of hydrogen-bond acceptors (Lipinski definition) is 2. The number of fused-ring (bicyclic) bond motifs is 1. The molecule has 1 unspecified atom stereocenters. The second-order valence-electron chi connectivity index (χ2n) is 5.59. The van der Waals surface area contributed by atoms with Crippen LogP contribution in [0.1, 0.15) is 29.9 Å². The van der Waals surface area contributed by atoms with Crippen LogP contribution in [0.3, 0.4) is 0 Å². The third kappa shape index (κ3) is 3.86. The molecule has 0 saturated carbocycles. The van der Waals surface area contributed by atoms with Crippen molar-refractivity contribution in [2.75, 3.05) is 5.32 Å². The van der Waals surface area contributed by atoms with E-state index in [4.69, 9.17) is 0 Å². The van der Waals surface area contributed by atoms with Gasteiger partial charge in [0.05, 0.1) is 0 Å². The Morgan fingerprint density at radius 3 is 2.87 bits per heavy atom. The molecule has 120 valence electrons. The average Bonchev–Trinajstić information content (AvgIpc) is 2.90. The van der Waals surface area contributed by atoms with Crippen LogP contribution in [0.5, 0.6) is 5.75 Å². The number of carbonyl (C=O) groups excluding carboxylic acids is 1. The van der Waals surface area contributed by atoms with Gasteiger partial charge >= 0.3 is 6.61 Å². The number of aryl methyl sites for hydroxylation is 1. The van der Waals surface area contributed by atoms with Gasteiger partial charge in [-0.3, -0.25) is 4.79 Å². The maximum absolute atomic E-state index is 12.2. The molecule has 1 atom stereocenters. The number of ether oxygens (including phenoxy) is 1. The van der Waals surface area contributed by atoms with Gasteiger partial charge in [0, 0.05) is 18.2 Å². The molecule has 23 heavy (non-hydrogen) atoms. The highest BCUT2D eigenvalue weighted by Crippen LogP contribution is 2.35. The van der Waals surface area contributed by atoms with Crippen molar-refractivity contribution in [3.8, 4) is 5.75 Å². The summed E-state index contributed by atoms with van der Waals surface area (Å²) in [5, 5.41) is 2.75. The molecule has 1 aliphatic rings. The van der Waals surface area contributed by atoms with E-state index >= 15 is 0 Å². The molecule has 1 N–H and O–H groups in total. The highest BCUT2D eigenvalue weighted by Gasteiger charge is 2.24. The standard InChI is InChI=1S/C18H17F2NO2/c19-18(20)23-15-6-3-5-14(11-15)21-17(22)10-13-9-8-12-4-1-2-7-16(12)13/h1-7,11,13,18H,8-10H2,(H,21,22). The third-order valence-electron chi connectivity index (χ3n) is 4.03. The minimum absolute atomic E-state index is 0.0315. The molecule has 0 aromatic heterocycles. The molecule has 0 bridgehead atoms. The Morgan fingerprint density at radius 1 is 1.22 bits per heavy atom. The second kappa shape index (κ2) is 6.77. The molecular weight excluding hydrogens is 300 g/mol. The first-order valence-corrected chi connectivity index (χ1v) is 7.54. The number of rotatable bonds is 5. The lowest BCUT2D eigenvalue weighted by atomic mass is 9.97. The highest BCUT2D eigenvalue weighted by molar-refractivity contribution is 5.91. The number of hydrogen-bond donors (Lipinski definition) is 1. The Balaban J connectivity index is 1.62. The molecule has 0 heterocycles. The lowest BCUT2D eigenvalue weighted by molar-refractivity contribution is -0.116. The van der Waals surface area contributed by atoms with Crippen LogP contribution in [0.2, 0.25) is 0 Å². The molecule has 5 heteroatoms. The first kappa shape index (κ1) is 15.5. The minimum Gasteiger partial charge on any atom is -0.435 e. The molecule has 0 spiro atoms. The highest BCUT2D eigenvalue weighted by atomic mass is 19.3. The lowest BCUT2D eigenvalue weighted by Crippen LogP contribution is -2.14. The molecule has 2 aromatic rings. The van der Waals surface area contributed by atoms with Crippen molar-refractivity contribution >= 4 is 11.6 Å². The van der Waals surface area contributed by atoms with Crippen LogP contribution in [-0.4, -0.2) is 12.5 Å². The summed E-state index contributed by atoms with van der Waals surface area (Å²) in [6, 6.07) is 14.2. The summed E-state index contributed by atoms with van der Waals surface area (Å²) in [5.74, 6) is 0.122. The van der Waals surface area contributed by atoms with Crippen molar-refractivity contribution < 1.29 is 18.3 Å². The van der Waals surface area contributed by atoms with E-state index in [-0.39, 0.29) is 17.6 Å². The quantitative estimate of drug-likeness (QED) is 0.890. The van der Waals surface area contributed by atoms with Crippen molar-refractivity contribution in [2.24, 2.45) is 0 Å². The maximum Gasteiger partial charge on any atom is 0.387 e. The van der Waals surface area contributed by atoms with Crippen molar-refractivity contribution in [1.29, 1.82) is 0 Å². The zero-order valence-electron chi connectivity index (χ0n) is 12.5. The number of anilines is 1. The minimum atomic E-state index is -2.88. The van der Waals surface area contributed by atoms with Crippen molar-refractivity contribution in [3.63, 3.8) is 0 Å². The van der Waals surface area contributed by atoms with Crippen molar-refractivity contribution in [1.82, 2.24) is 0 Å². The first-order chi connectivity index (χ1) is 11.1. The van der Waals surface area contributed by atoms with Gasteiger partial charge in [0.15, 0.2) is 0 Å². The van der Waals surface area contributed by atoms with Crippen molar-refractivity contribution in [2.45, 2.75) is 31.8 Å². The summed E-state index contributed by atoms with van der Waals surface area (Å²) >= 11 is 0. The predicted molar refractivity (Wildman–Crippen MR) is 83.8 cm³/mol. The summed E-state index contributed by atoms with van der Waals surface area (Å²) in [5.41, 5.74) is 2.99.